The Kier molecular flexibility index (Phi) is 9.06. The van der Waals surface area contributed by atoms with Crippen LogP contribution in [0.15, 0.2) is 24.3 Å². The van der Waals surface area contributed by atoms with Crippen molar-refractivity contribution in [3.63, 3.8) is 0 Å². The molecule has 96 valence electrons. The summed E-state index contributed by atoms with van der Waals surface area (Å²) in [7, 11) is 0. The molecule has 0 saturated carbocycles. The van der Waals surface area contributed by atoms with Crippen LogP contribution in [0.25, 0.3) is 0 Å². The number of anilines is 1. The van der Waals surface area contributed by atoms with E-state index >= 15 is 0 Å². The Hall–Kier alpha value is -1.35. The summed E-state index contributed by atoms with van der Waals surface area (Å²) in [6.45, 7) is 6.66. The number of hydrogen-bond acceptors (Lipinski definition) is 2. The van der Waals surface area contributed by atoms with E-state index < -0.39 is 0 Å². The quantitative estimate of drug-likeness (QED) is 0.825. The van der Waals surface area contributed by atoms with Crippen LogP contribution in [0.4, 0.5) is 5.69 Å². The predicted octanol–water partition coefficient (Wildman–Crippen LogP) is 2.95. The summed E-state index contributed by atoms with van der Waals surface area (Å²) in [4.78, 5) is 11.4. The lowest BCUT2D eigenvalue weighted by atomic mass is 10.1. The molecule has 1 rings (SSSR count). The van der Waals surface area contributed by atoms with E-state index in [1.165, 1.54) is 5.56 Å². The number of carbonyl (C=O) groups is 1. The van der Waals surface area contributed by atoms with Crippen molar-refractivity contribution in [1.82, 2.24) is 0 Å². The molecule has 0 heterocycles. The van der Waals surface area contributed by atoms with Crippen molar-refractivity contribution in [3.05, 3.63) is 29.8 Å². The Morgan fingerprint density at radius 1 is 1.24 bits per heavy atom. The van der Waals surface area contributed by atoms with Gasteiger partial charge in [0.25, 0.3) is 0 Å². The number of aryl methyl sites for hydroxylation is 1. The highest BCUT2D eigenvalue weighted by Crippen LogP contribution is 2.10. The highest BCUT2D eigenvalue weighted by molar-refractivity contribution is 5.90. The molecule has 0 bridgehead atoms. The molecule has 0 aliphatic carbocycles. The Balaban J connectivity index is 0.00000121. The Morgan fingerprint density at radius 3 is 2.29 bits per heavy atom. The minimum atomic E-state index is 0.0321. The van der Waals surface area contributed by atoms with Gasteiger partial charge in [0.05, 0.1) is 0 Å². The van der Waals surface area contributed by atoms with Gasteiger partial charge in [-0.2, -0.15) is 0 Å². The van der Waals surface area contributed by atoms with Crippen LogP contribution in [0.1, 0.15) is 39.2 Å². The fraction of sp³-hybridized carbons (Fsp3) is 0.500. The minimum Gasteiger partial charge on any atom is -0.330 e. The summed E-state index contributed by atoms with van der Waals surface area (Å²) in [5.74, 6) is 0.0321. The zero-order valence-electron chi connectivity index (χ0n) is 11.1. The molecular formula is C14H24N2O. The maximum absolute atomic E-state index is 11.4. The molecule has 0 aliphatic heterocycles. The summed E-state index contributed by atoms with van der Waals surface area (Å²) in [6.07, 6.45) is 2.24. The molecule has 1 amide bonds. The summed E-state index contributed by atoms with van der Waals surface area (Å²) in [5, 5.41) is 2.83. The first-order valence-electron chi connectivity index (χ1n) is 6.35. The average Bonchev–Trinajstić information content (AvgIpc) is 2.39. The van der Waals surface area contributed by atoms with E-state index in [0.717, 1.165) is 18.5 Å². The van der Waals surface area contributed by atoms with Gasteiger partial charge in [-0.05, 0) is 37.1 Å². The SMILES string of the molecule is CC.CCc1ccc(NC(=O)CCCN)cc1. The molecule has 1 aromatic rings. The average molecular weight is 236 g/mol. The molecule has 3 nitrogen and oxygen atoms in total. The fourth-order valence-corrected chi connectivity index (χ4v) is 1.31. The molecule has 0 atom stereocenters. The molecule has 17 heavy (non-hydrogen) atoms. The van der Waals surface area contributed by atoms with Gasteiger partial charge in [0.15, 0.2) is 0 Å². The van der Waals surface area contributed by atoms with E-state index in [2.05, 4.69) is 12.2 Å². The molecular weight excluding hydrogens is 212 g/mol. The highest BCUT2D eigenvalue weighted by atomic mass is 16.1. The van der Waals surface area contributed by atoms with Gasteiger partial charge >= 0.3 is 0 Å². The first-order chi connectivity index (χ1) is 8.26. The fourth-order valence-electron chi connectivity index (χ4n) is 1.31. The lowest BCUT2D eigenvalue weighted by Gasteiger charge is -2.05. The standard InChI is InChI=1S/C12H18N2O.C2H6/c1-2-10-5-7-11(8-6-10)14-12(15)4-3-9-13;1-2/h5-8H,2-4,9,13H2,1H3,(H,14,15);1-2H3. The molecule has 0 saturated heterocycles. The smallest absolute Gasteiger partial charge is 0.224 e. The first-order valence-corrected chi connectivity index (χ1v) is 6.35. The van der Waals surface area contributed by atoms with Gasteiger partial charge in [-0.25, -0.2) is 0 Å². The monoisotopic (exact) mass is 236 g/mol. The molecule has 0 spiro atoms. The van der Waals surface area contributed by atoms with Crippen molar-refractivity contribution in [2.45, 2.75) is 40.0 Å². The second-order valence-corrected chi connectivity index (χ2v) is 3.49. The highest BCUT2D eigenvalue weighted by Gasteiger charge is 2.00. The normalized spacial score (nSPS) is 9.18. The van der Waals surface area contributed by atoms with Crippen molar-refractivity contribution < 1.29 is 4.79 Å². The van der Waals surface area contributed by atoms with Crippen LogP contribution >= 0.6 is 0 Å². The summed E-state index contributed by atoms with van der Waals surface area (Å²) in [6, 6.07) is 7.91. The van der Waals surface area contributed by atoms with E-state index in [9.17, 15) is 4.79 Å². The van der Waals surface area contributed by atoms with E-state index in [1.54, 1.807) is 0 Å². The second-order valence-electron chi connectivity index (χ2n) is 3.49. The number of rotatable bonds is 5. The van der Waals surface area contributed by atoms with E-state index in [1.807, 2.05) is 38.1 Å². The third-order valence-corrected chi connectivity index (χ3v) is 2.25. The molecule has 1 aromatic carbocycles. The largest absolute Gasteiger partial charge is 0.330 e. The van der Waals surface area contributed by atoms with Gasteiger partial charge < -0.3 is 11.1 Å². The molecule has 0 radical (unpaired) electrons. The van der Waals surface area contributed by atoms with Gasteiger partial charge in [0, 0.05) is 12.1 Å². The third kappa shape index (κ3) is 6.74. The lowest BCUT2D eigenvalue weighted by Crippen LogP contribution is -2.13. The van der Waals surface area contributed by atoms with Gasteiger partial charge in [-0.3, -0.25) is 4.79 Å². The van der Waals surface area contributed by atoms with Crippen molar-refractivity contribution >= 4 is 11.6 Å². The predicted molar refractivity (Wildman–Crippen MR) is 74.1 cm³/mol. The Labute approximate surface area is 104 Å². The van der Waals surface area contributed by atoms with Gasteiger partial charge in [-0.15, -0.1) is 0 Å². The molecule has 0 aromatic heterocycles. The van der Waals surface area contributed by atoms with E-state index in [-0.39, 0.29) is 5.91 Å². The Bertz CT molecular complexity index is 307. The lowest BCUT2D eigenvalue weighted by molar-refractivity contribution is -0.116. The number of nitrogens with one attached hydrogen (secondary N) is 1. The number of amides is 1. The van der Waals surface area contributed by atoms with Crippen LogP contribution in [-0.2, 0) is 11.2 Å². The van der Waals surface area contributed by atoms with Crippen molar-refractivity contribution in [3.8, 4) is 0 Å². The van der Waals surface area contributed by atoms with Gasteiger partial charge in [-0.1, -0.05) is 32.9 Å². The Morgan fingerprint density at radius 2 is 1.82 bits per heavy atom. The summed E-state index contributed by atoms with van der Waals surface area (Å²) >= 11 is 0. The third-order valence-electron chi connectivity index (χ3n) is 2.25. The van der Waals surface area contributed by atoms with Gasteiger partial charge in [0.1, 0.15) is 0 Å². The molecule has 0 unspecified atom stereocenters. The number of nitrogens with two attached hydrogens (primary N) is 1. The molecule has 0 aliphatic rings. The second kappa shape index (κ2) is 9.85. The molecule has 0 fully saturated rings. The molecule has 3 N–H and O–H groups in total. The number of hydrogen-bond donors (Lipinski definition) is 2. The van der Waals surface area contributed by atoms with Crippen LogP contribution in [-0.4, -0.2) is 12.5 Å². The van der Waals surface area contributed by atoms with Crippen molar-refractivity contribution in [2.24, 2.45) is 5.73 Å². The van der Waals surface area contributed by atoms with Crippen LogP contribution in [0.5, 0.6) is 0 Å². The van der Waals surface area contributed by atoms with E-state index in [0.29, 0.717) is 13.0 Å². The first kappa shape index (κ1) is 15.7. The van der Waals surface area contributed by atoms with Crippen LogP contribution < -0.4 is 11.1 Å². The van der Waals surface area contributed by atoms with E-state index in [4.69, 9.17) is 5.73 Å². The molecule has 3 heteroatoms. The van der Waals surface area contributed by atoms with Crippen LogP contribution in [0.3, 0.4) is 0 Å². The van der Waals surface area contributed by atoms with Crippen molar-refractivity contribution in [1.29, 1.82) is 0 Å². The zero-order chi connectivity index (χ0) is 13.1. The minimum absolute atomic E-state index is 0.0321. The zero-order valence-corrected chi connectivity index (χ0v) is 11.1. The van der Waals surface area contributed by atoms with Crippen LogP contribution in [0, 0.1) is 0 Å². The maximum Gasteiger partial charge on any atom is 0.224 e. The number of benzene rings is 1. The number of carbonyl (C=O) groups excluding carboxylic acids is 1. The summed E-state index contributed by atoms with van der Waals surface area (Å²) in [5.41, 5.74) is 7.46. The maximum atomic E-state index is 11.4. The van der Waals surface area contributed by atoms with Crippen LogP contribution in [0.2, 0.25) is 0 Å². The van der Waals surface area contributed by atoms with Crippen molar-refractivity contribution in [2.75, 3.05) is 11.9 Å². The topological polar surface area (TPSA) is 55.1 Å². The van der Waals surface area contributed by atoms with Gasteiger partial charge in [0.2, 0.25) is 5.91 Å². The summed E-state index contributed by atoms with van der Waals surface area (Å²) < 4.78 is 0.